The summed E-state index contributed by atoms with van der Waals surface area (Å²) in [4.78, 5) is 12.1. The van der Waals surface area contributed by atoms with Crippen LogP contribution in [0, 0.1) is 5.92 Å². The van der Waals surface area contributed by atoms with Gasteiger partial charge >= 0.3 is 5.97 Å². The van der Waals surface area contributed by atoms with Crippen molar-refractivity contribution in [2.45, 2.75) is 19.3 Å². The molecule has 0 spiro atoms. The fourth-order valence-corrected chi connectivity index (χ4v) is 4.46. The number of hydrogen-bond acceptors (Lipinski definition) is 4. The Morgan fingerprint density at radius 2 is 2.14 bits per heavy atom. The van der Waals surface area contributed by atoms with Gasteiger partial charge in [-0.05, 0) is 30.7 Å². The van der Waals surface area contributed by atoms with Crippen LogP contribution in [0.5, 0.6) is 0 Å². The number of likely N-dealkylation sites (N-methyl/N-ethyl adjacent to an activating group) is 1. The Morgan fingerprint density at radius 3 is 2.67 bits per heavy atom. The van der Waals surface area contributed by atoms with Crippen molar-refractivity contribution in [3.63, 3.8) is 0 Å². The lowest BCUT2D eigenvalue weighted by Gasteiger charge is -2.32. The van der Waals surface area contributed by atoms with Crippen LogP contribution in [0.3, 0.4) is 0 Å². The van der Waals surface area contributed by atoms with Crippen LogP contribution in [0.4, 0.5) is 0 Å². The Morgan fingerprint density at radius 1 is 1.48 bits per heavy atom. The third kappa shape index (κ3) is 4.03. The quantitative estimate of drug-likeness (QED) is 0.851. The minimum absolute atomic E-state index is 0.280. The van der Waals surface area contributed by atoms with Crippen molar-refractivity contribution in [3.8, 4) is 0 Å². The van der Waals surface area contributed by atoms with E-state index in [1.807, 2.05) is 17.5 Å². The van der Waals surface area contributed by atoms with Crippen LogP contribution in [0.25, 0.3) is 0 Å². The van der Waals surface area contributed by atoms with Crippen LogP contribution in [-0.4, -0.2) is 54.8 Å². The predicted octanol–water partition coefficient (Wildman–Crippen LogP) is 1.26. The van der Waals surface area contributed by atoms with Gasteiger partial charge in [0.05, 0.1) is 5.92 Å². The number of hydrogen-bond donors (Lipinski definition) is 1. The third-order valence-corrected chi connectivity index (χ3v) is 6.70. The van der Waals surface area contributed by atoms with Crippen LogP contribution in [-0.2, 0) is 21.4 Å². The van der Waals surface area contributed by atoms with Gasteiger partial charge in [0.25, 0.3) is 10.2 Å². The molecule has 0 aliphatic carbocycles. The summed E-state index contributed by atoms with van der Waals surface area (Å²) in [6.45, 7) is 0.993. The van der Waals surface area contributed by atoms with Crippen molar-refractivity contribution in [2.24, 2.45) is 5.92 Å². The van der Waals surface area contributed by atoms with Crippen molar-refractivity contribution >= 4 is 27.5 Å². The van der Waals surface area contributed by atoms with Crippen LogP contribution in [0.1, 0.15) is 17.7 Å². The zero-order valence-corrected chi connectivity index (χ0v) is 13.6. The van der Waals surface area contributed by atoms with E-state index in [4.69, 9.17) is 5.11 Å². The van der Waals surface area contributed by atoms with Crippen LogP contribution in [0.15, 0.2) is 17.5 Å². The largest absolute Gasteiger partial charge is 0.481 e. The van der Waals surface area contributed by atoms with Gasteiger partial charge in [-0.3, -0.25) is 4.79 Å². The molecule has 1 fully saturated rings. The summed E-state index contributed by atoms with van der Waals surface area (Å²) in [7, 11) is -1.91. The van der Waals surface area contributed by atoms with Gasteiger partial charge in [-0.25, -0.2) is 0 Å². The van der Waals surface area contributed by atoms with E-state index in [1.54, 1.807) is 18.4 Å². The van der Waals surface area contributed by atoms with Gasteiger partial charge in [0.15, 0.2) is 0 Å². The smallest absolute Gasteiger partial charge is 0.306 e. The van der Waals surface area contributed by atoms with Gasteiger partial charge in [-0.1, -0.05) is 6.07 Å². The number of piperidine rings is 1. The van der Waals surface area contributed by atoms with Gasteiger partial charge < -0.3 is 5.11 Å². The van der Waals surface area contributed by atoms with E-state index in [1.165, 1.54) is 8.61 Å². The zero-order valence-electron chi connectivity index (χ0n) is 11.9. The fourth-order valence-electron chi connectivity index (χ4n) is 2.37. The molecule has 6 nitrogen and oxygen atoms in total. The highest BCUT2D eigenvalue weighted by atomic mass is 32.2. The first-order valence-corrected chi connectivity index (χ1v) is 9.15. The lowest BCUT2D eigenvalue weighted by molar-refractivity contribution is -0.142. The molecule has 0 unspecified atom stereocenters. The lowest BCUT2D eigenvalue weighted by atomic mass is 9.99. The molecule has 0 aromatic carbocycles. The molecule has 1 aromatic heterocycles. The topological polar surface area (TPSA) is 77.9 Å². The predicted molar refractivity (Wildman–Crippen MR) is 81.5 cm³/mol. The molecule has 0 saturated carbocycles. The molecule has 21 heavy (non-hydrogen) atoms. The van der Waals surface area contributed by atoms with Crippen LogP contribution in [0.2, 0.25) is 0 Å². The normalized spacial score (nSPS) is 18.2. The number of carbonyl (C=O) groups is 1. The summed E-state index contributed by atoms with van der Waals surface area (Å²) in [5.74, 6) is -1.26. The maximum Gasteiger partial charge on any atom is 0.306 e. The summed E-state index contributed by atoms with van der Waals surface area (Å²) < 4.78 is 27.6. The molecule has 1 aliphatic rings. The average Bonchev–Trinajstić information content (AvgIpc) is 2.98. The van der Waals surface area contributed by atoms with Gasteiger partial charge in [-0.2, -0.15) is 17.0 Å². The second kappa shape index (κ2) is 6.87. The molecular formula is C13H20N2O4S2. The first-order chi connectivity index (χ1) is 9.91. The molecule has 1 N–H and O–H groups in total. The number of aliphatic carboxylic acids is 1. The second-order valence-electron chi connectivity index (χ2n) is 5.17. The second-order valence-corrected chi connectivity index (χ2v) is 8.24. The van der Waals surface area contributed by atoms with Gasteiger partial charge in [0, 0.05) is 31.6 Å². The standard InChI is InChI=1S/C13H20N2O4S2/c1-14(7-6-12-3-2-10-20-12)21(18,19)15-8-4-11(5-9-15)13(16)17/h2-3,10-11H,4-9H2,1H3,(H,16,17). The Bertz CT molecular complexity index is 563. The minimum atomic E-state index is -3.49. The maximum atomic E-state index is 12.4. The van der Waals surface area contributed by atoms with E-state index >= 15 is 0 Å². The van der Waals surface area contributed by atoms with Crippen LogP contribution >= 0.6 is 11.3 Å². The van der Waals surface area contributed by atoms with Crippen molar-refractivity contribution in [3.05, 3.63) is 22.4 Å². The molecule has 1 aromatic rings. The van der Waals surface area contributed by atoms with E-state index < -0.39 is 22.1 Å². The molecule has 0 bridgehead atoms. The number of nitrogens with zero attached hydrogens (tertiary/aromatic N) is 2. The molecule has 2 rings (SSSR count). The Kier molecular flexibility index (Phi) is 5.37. The highest BCUT2D eigenvalue weighted by Gasteiger charge is 2.33. The molecule has 0 radical (unpaired) electrons. The molecule has 1 saturated heterocycles. The van der Waals surface area contributed by atoms with E-state index in [9.17, 15) is 13.2 Å². The van der Waals surface area contributed by atoms with Crippen molar-refractivity contribution in [1.82, 2.24) is 8.61 Å². The van der Waals surface area contributed by atoms with Crippen molar-refractivity contribution in [2.75, 3.05) is 26.7 Å². The van der Waals surface area contributed by atoms with E-state index in [2.05, 4.69) is 0 Å². The van der Waals surface area contributed by atoms with Gasteiger partial charge in [-0.15, -0.1) is 11.3 Å². The first-order valence-electron chi connectivity index (χ1n) is 6.88. The molecular weight excluding hydrogens is 312 g/mol. The summed E-state index contributed by atoms with van der Waals surface area (Å²) in [5.41, 5.74) is 0. The minimum Gasteiger partial charge on any atom is -0.481 e. The highest BCUT2D eigenvalue weighted by Crippen LogP contribution is 2.21. The SMILES string of the molecule is CN(CCc1cccs1)S(=O)(=O)N1CCC(C(=O)O)CC1. The van der Waals surface area contributed by atoms with Gasteiger partial charge in [0.2, 0.25) is 0 Å². The summed E-state index contributed by atoms with van der Waals surface area (Å²) >= 11 is 1.61. The van der Waals surface area contributed by atoms with E-state index in [0.717, 1.165) is 4.88 Å². The number of carboxylic acid groups (broad SMARTS) is 1. The van der Waals surface area contributed by atoms with E-state index in [0.29, 0.717) is 25.8 Å². The Hall–Kier alpha value is -0.960. The molecule has 0 amide bonds. The van der Waals surface area contributed by atoms with Crippen LogP contribution < -0.4 is 0 Å². The maximum absolute atomic E-state index is 12.4. The molecule has 1 aliphatic heterocycles. The molecule has 8 heteroatoms. The third-order valence-electron chi connectivity index (χ3n) is 3.78. The highest BCUT2D eigenvalue weighted by molar-refractivity contribution is 7.86. The number of thiophene rings is 1. The monoisotopic (exact) mass is 332 g/mol. The van der Waals surface area contributed by atoms with Gasteiger partial charge in [0.1, 0.15) is 0 Å². The summed E-state index contributed by atoms with van der Waals surface area (Å²) in [5, 5.41) is 10.9. The zero-order chi connectivity index (χ0) is 15.5. The summed E-state index contributed by atoms with van der Waals surface area (Å²) in [6, 6.07) is 3.94. The molecule has 2 heterocycles. The fraction of sp³-hybridized carbons (Fsp3) is 0.615. The lowest BCUT2D eigenvalue weighted by Crippen LogP contribution is -2.47. The average molecular weight is 332 g/mol. The Balaban J connectivity index is 1.90. The van der Waals surface area contributed by atoms with Crippen molar-refractivity contribution in [1.29, 1.82) is 0 Å². The summed E-state index contributed by atoms with van der Waals surface area (Å²) in [6.07, 6.45) is 1.46. The molecule has 118 valence electrons. The van der Waals surface area contributed by atoms with E-state index in [-0.39, 0.29) is 13.1 Å². The molecule has 0 atom stereocenters. The van der Waals surface area contributed by atoms with Crippen molar-refractivity contribution < 1.29 is 18.3 Å². The number of carboxylic acids is 1. The Labute approximate surface area is 129 Å². The first kappa shape index (κ1) is 16.4. The number of rotatable bonds is 6.